The number of hydrogen-bond acceptors (Lipinski definition) is 4. The average molecular weight is 364 g/mol. The number of aryl methyl sites for hydroxylation is 2. The maximum Gasteiger partial charge on any atom is 0.341 e. The first-order chi connectivity index (χ1) is 12.3. The van der Waals surface area contributed by atoms with Crippen molar-refractivity contribution >= 4 is 17.8 Å². The minimum Gasteiger partial charge on any atom is -0.481 e. The molecule has 0 aliphatic carbocycles. The van der Waals surface area contributed by atoms with Crippen molar-refractivity contribution in [3.8, 4) is 5.75 Å². The summed E-state index contributed by atoms with van der Waals surface area (Å²) in [7, 11) is 0. The van der Waals surface area contributed by atoms with E-state index in [-0.39, 0.29) is 11.8 Å². The van der Waals surface area contributed by atoms with Crippen LogP contribution in [0.15, 0.2) is 12.1 Å². The van der Waals surface area contributed by atoms with Crippen molar-refractivity contribution in [1.82, 2.24) is 10.2 Å². The van der Waals surface area contributed by atoms with E-state index < -0.39 is 12.6 Å². The van der Waals surface area contributed by atoms with Crippen LogP contribution in [0.1, 0.15) is 48.2 Å². The zero-order chi connectivity index (χ0) is 19.7. The Balaban J connectivity index is 2.57. The van der Waals surface area contributed by atoms with Gasteiger partial charge in [0.25, 0.3) is 5.91 Å². The molecule has 2 N–H and O–H groups in total. The molecule has 0 spiro atoms. The second-order valence-corrected chi connectivity index (χ2v) is 6.05. The maximum absolute atomic E-state index is 12.3. The van der Waals surface area contributed by atoms with Crippen molar-refractivity contribution in [2.75, 3.05) is 26.2 Å². The molecule has 1 aromatic rings. The molecular formula is C19H28N2O5. The van der Waals surface area contributed by atoms with E-state index >= 15 is 0 Å². The van der Waals surface area contributed by atoms with Crippen molar-refractivity contribution < 1.29 is 24.2 Å². The molecule has 0 bridgehead atoms. The molecule has 0 atom stereocenters. The fraction of sp³-hybridized carbons (Fsp3) is 0.526. The van der Waals surface area contributed by atoms with Crippen LogP contribution in [-0.2, 0) is 9.59 Å². The fourth-order valence-corrected chi connectivity index (χ4v) is 2.72. The monoisotopic (exact) mass is 364 g/mol. The molecule has 7 heteroatoms. The van der Waals surface area contributed by atoms with Crippen LogP contribution < -0.4 is 10.1 Å². The number of carboxylic acid groups (broad SMARTS) is 1. The smallest absolute Gasteiger partial charge is 0.341 e. The minimum absolute atomic E-state index is 0.0934. The average Bonchev–Trinajstić information content (AvgIpc) is 2.58. The van der Waals surface area contributed by atoms with Crippen molar-refractivity contribution in [2.45, 2.75) is 40.5 Å². The lowest BCUT2D eigenvalue weighted by molar-refractivity contribution is -0.139. The van der Waals surface area contributed by atoms with Crippen LogP contribution in [0.4, 0.5) is 0 Å². The normalized spacial score (nSPS) is 10.3. The molecule has 0 unspecified atom stereocenters. The first kappa shape index (κ1) is 21.5. The summed E-state index contributed by atoms with van der Waals surface area (Å²) < 4.78 is 5.26. The largest absolute Gasteiger partial charge is 0.481 e. The standard InChI is InChI=1S/C19H28N2O5/c1-5-21(6-2)16(22)8-7-9-20-19(25)15-10-13(3)18(14(4)11-15)26-12-17(23)24/h10-11H,5-9,12H2,1-4H3,(H,20,25)(H,23,24). The van der Waals surface area contributed by atoms with Crippen molar-refractivity contribution in [3.05, 3.63) is 28.8 Å². The lowest BCUT2D eigenvalue weighted by Crippen LogP contribution is -2.31. The molecule has 7 nitrogen and oxygen atoms in total. The first-order valence-electron chi connectivity index (χ1n) is 8.81. The molecule has 0 saturated heterocycles. The third kappa shape index (κ3) is 6.38. The first-order valence-corrected chi connectivity index (χ1v) is 8.81. The third-order valence-electron chi connectivity index (χ3n) is 4.03. The van der Waals surface area contributed by atoms with E-state index in [0.717, 1.165) is 0 Å². The Kier molecular flexibility index (Phi) is 8.61. The zero-order valence-corrected chi connectivity index (χ0v) is 15.9. The van der Waals surface area contributed by atoms with Gasteiger partial charge in [-0.25, -0.2) is 4.79 Å². The minimum atomic E-state index is -1.05. The Hall–Kier alpha value is -2.57. The summed E-state index contributed by atoms with van der Waals surface area (Å²) in [5.74, 6) is -0.703. The van der Waals surface area contributed by atoms with Gasteiger partial charge in [0.2, 0.25) is 5.91 Å². The number of carbonyl (C=O) groups excluding carboxylic acids is 2. The highest BCUT2D eigenvalue weighted by Gasteiger charge is 2.13. The van der Waals surface area contributed by atoms with Crippen LogP contribution >= 0.6 is 0 Å². The second kappa shape index (κ2) is 10.4. The van der Waals surface area contributed by atoms with E-state index in [9.17, 15) is 14.4 Å². The zero-order valence-electron chi connectivity index (χ0n) is 15.9. The predicted molar refractivity (Wildman–Crippen MR) is 98.5 cm³/mol. The van der Waals surface area contributed by atoms with Crippen LogP contribution in [0.25, 0.3) is 0 Å². The van der Waals surface area contributed by atoms with Gasteiger partial charge in [0.15, 0.2) is 6.61 Å². The van der Waals surface area contributed by atoms with Crippen LogP contribution in [0.3, 0.4) is 0 Å². The Labute approximate surface area is 154 Å². The number of rotatable bonds is 10. The highest BCUT2D eigenvalue weighted by atomic mass is 16.5. The van der Waals surface area contributed by atoms with Crippen LogP contribution in [0.2, 0.25) is 0 Å². The molecule has 1 rings (SSSR count). The van der Waals surface area contributed by atoms with E-state index in [4.69, 9.17) is 9.84 Å². The van der Waals surface area contributed by atoms with Crippen molar-refractivity contribution in [2.24, 2.45) is 0 Å². The van der Waals surface area contributed by atoms with Gasteiger partial charge in [-0.2, -0.15) is 0 Å². The number of amides is 2. The van der Waals surface area contributed by atoms with E-state index in [1.54, 1.807) is 30.9 Å². The lowest BCUT2D eigenvalue weighted by atomic mass is 10.0. The Bertz CT molecular complexity index is 630. The summed E-state index contributed by atoms with van der Waals surface area (Å²) in [6.07, 6.45) is 0.987. The SMILES string of the molecule is CCN(CC)C(=O)CCCNC(=O)c1cc(C)c(OCC(=O)O)c(C)c1. The predicted octanol–water partition coefficient (Wildman–Crippen LogP) is 2.15. The van der Waals surface area contributed by atoms with Gasteiger partial charge in [-0.05, 0) is 57.4 Å². The topological polar surface area (TPSA) is 95.9 Å². The van der Waals surface area contributed by atoms with Crippen LogP contribution in [0, 0.1) is 13.8 Å². The number of carboxylic acids is 1. The Morgan fingerprint density at radius 1 is 1.12 bits per heavy atom. The number of aliphatic carboxylic acids is 1. The molecule has 0 heterocycles. The highest BCUT2D eigenvalue weighted by molar-refractivity contribution is 5.95. The van der Waals surface area contributed by atoms with Crippen molar-refractivity contribution in [3.63, 3.8) is 0 Å². The van der Waals surface area contributed by atoms with E-state index in [2.05, 4.69) is 5.32 Å². The maximum atomic E-state index is 12.3. The summed E-state index contributed by atoms with van der Waals surface area (Å²) in [6.45, 7) is 8.80. The quantitative estimate of drug-likeness (QED) is 0.620. The Morgan fingerprint density at radius 2 is 1.69 bits per heavy atom. The summed E-state index contributed by atoms with van der Waals surface area (Å²) >= 11 is 0. The van der Waals surface area contributed by atoms with Gasteiger partial charge in [0.05, 0.1) is 0 Å². The van der Waals surface area contributed by atoms with Gasteiger partial charge in [0, 0.05) is 31.6 Å². The summed E-state index contributed by atoms with van der Waals surface area (Å²) in [5, 5.41) is 11.5. The van der Waals surface area contributed by atoms with Crippen LogP contribution in [0.5, 0.6) is 5.75 Å². The van der Waals surface area contributed by atoms with E-state index in [1.165, 1.54) is 0 Å². The van der Waals surface area contributed by atoms with E-state index in [1.807, 2.05) is 13.8 Å². The highest BCUT2D eigenvalue weighted by Crippen LogP contribution is 2.24. The molecule has 0 radical (unpaired) electrons. The molecule has 2 amide bonds. The second-order valence-electron chi connectivity index (χ2n) is 6.05. The van der Waals surface area contributed by atoms with Crippen molar-refractivity contribution in [1.29, 1.82) is 0 Å². The van der Waals surface area contributed by atoms with E-state index in [0.29, 0.717) is 54.9 Å². The third-order valence-corrected chi connectivity index (χ3v) is 4.03. The van der Waals surface area contributed by atoms with Crippen LogP contribution in [-0.4, -0.2) is 54.0 Å². The summed E-state index contributed by atoms with van der Waals surface area (Å²) in [6, 6.07) is 3.33. The molecule has 1 aromatic carbocycles. The number of hydrogen-bond donors (Lipinski definition) is 2. The van der Waals surface area contributed by atoms with Gasteiger partial charge in [-0.1, -0.05) is 0 Å². The summed E-state index contributed by atoms with van der Waals surface area (Å²) in [4.78, 5) is 36.6. The molecule has 0 aromatic heterocycles. The molecule has 26 heavy (non-hydrogen) atoms. The fourth-order valence-electron chi connectivity index (χ4n) is 2.72. The van der Waals surface area contributed by atoms with Gasteiger partial charge < -0.3 is 20.1 Å². The number of nitrogens with one attached hydrogen (secondary N) is 1. The number of nitrogens with zero attached hydrogens (tertiary/aromatic N) is 1. The molecule has 0 fully saturated rings. The summed E-state index contributed by atoms with van der Waals surface area (Å²) in [5.41, 5.74) is 1.89. The lowest BCUT2D eigenvalue weighted by Gasteiger charge is -2.18. The number of ether oxygens (including phenoxy) is 1. The molecule has 0 aliphatic rings. The number of carbonyl (C=O) groups is 3. The molecular weight excluding hydrogens is 336 g/mol. The van der Waals surface area contributed by atoms with Gasteiger partial charge in [0.1, 0.15) is 5.75 Å². The van der Waals surface area contributed by atoms with Gasteiger partial charge in [-0.3, -0.25) is 9.59 Å². The van der Waals surface area contributed by atoms with Gasteiger partial charge >= 0.3 is 5.97 Å². The van der Waals surface area contributed by atoms with Gasteiger partial charge in [-0.15, -0.1) is 0 Å². The molecule has 144 valence electrons. The molecule has 0 aliphatic heterocycles. The Morgan fingerprint density at radius 3 is 2.19 bits per heavy atom. The molecule has 0 saturated carbocycles. The number of benzene rings is 1.